The summed E-state index contributed by atoms with van der Waals surface area (Å²) >= 11 is 2.28. The van der Waals surface area contributed by atoms with Crippen LogP contribution in [0.1, 0.15) is 59.4 Å². The molecule has 0 aromatic heterocycles. The first-order valence-electron chi connectivity index (χ1n) is 13.5. The lowest BCUT2D eigenvalue weighted by atomic mass is 9.73. The lowest BCUT2D eigenvalue weighted by Gasteiger charge is -2.46. The summed E-state index contributed by atoms with van der Waals surface area (Å²) in [6.07, 6.45) is 5.57. The third kappa shape index (κ3) is 8.19. The maximum absolute atomic E-state index is 12.8. The van der Waals surface area contributed by atoms with E-state index in [1.807, 2.05) is 26.8 Å². The van der Waals surface area contributed by atoms with E-state index in [0.717, 1.165) is 12.0 Å². The van der Waals surface area contributed by atoms with Gasteiger partial charge >= 0.3 is 5.97 Å². The van der Waals surface area contributed by atoms with E-state index in [0.29, 0.717) is 37.6 Å². The highest BCUT2D eigenvalue weighted by molar-refractivity contribution is 14.1. The van der Waals surface area contributed by atoms with Crippen molar-refractivity contribution in [1.29, 1.82) is 0 Å². The smallest absolute Gasteiger partial charge is 0.331 e. The molecule has 1 saturated heterocycles. The van der Waals surface area contributed by atoms with Crippen molar-refractivity contribution in [3.8, 4) is 11.5 Å². The van der Waals surface area contributed by atoms with Gasteiger partial charge in [0.25, 0.3) is 0 Å². The quantitative estimate of drug-likeness (QED) is 0.0566. The van der Waals surface area contributed by atoms with Crippen LogP contribution < -0.4 is 9.47 Å². The summed E-state index contributed by atoms with van der Waals surface area (Å²) in [6.45, 7) is 10.9. The molecule has 3 rings (SSSR count). The van der Waals surface area contributed by atoms with Gasteiger partial charge in [0.1, 0.15) is 28.0 Å². The highest BCUT2D eigenvalue weighted by atomic mass is 127. The molecule has 1 aromatic rings. The SMILES string of the molecule is COc1ccc(/C=C/C(=O)O[C@@H]2CC[C@@](I)(OC)C(C3(C)O[C@H]3CC=C(C)C)[C@@H]2O)cc1OCCOC(C)C. The molecule has 2 aliphatic rings. The van der Waals surface area contributed by atoms with Crippen LogP contribution >= 0.6 is 22.6 Å². The van der Waals surface area contributed by atoms with Crippen LogP contribution in [0.2, 0.25) is 0 Å². The molecule has 1 aliphatic heterocycles. The van der Waals surface area contributed by atoms with Gasteiger partial charge in [-0.05, 0) is 100 Å². The van der Waals surface area contributed by atoms with E-state index >= 15 is 0 Å². The molecule has 2 fully saturated rings. The van der Waals surface area contributed by atoms with Crippen molar-refractivity contribution in [3.63, 3.8) is 0 Å². The van der Waals surface area contributed by atoms with E-state index in [4.69, 9.17) is 28.4 Å². The van der Waals surface area contributed by atoms with E-state index in [1.165, 1.54) is 11.6 Å². The average Bonchev–Trinajstić information content (AvgIpc) is 3.55. The molecule has 8 nitrogen and oxygen atoms in total. The number of carbonyl (C=O) groups is 1. The number of hydrogen-bond acceptors (Lipinski definition) is 8. The molecule has 6 atom stereocenters. The number of carbonyl (C=O) groups excluding carboxylic acids is 1. The molecule has 1 N–H and O–H groups in total. The Morgan fingerprint density at radius 2 is 1.97 bits per heavy atom. The first-order valence-corrected chi connectivity index (χ1v) is 14.6. The molecule has 0 spiro atoms. The Morgan fingerprint density at radius 3 is 2.62 bits per heavy atom. The Hall–Kier alpha value is -1.66. The Kier molecular flexibility index (Phi) is 11.3. The number of hydrogen-bond donors (Lipinski definition) is 1. The molecule has 0 amide bonds. The summed E-state index contributed by atoms with van der Waals surface area (Å²) in [5.74, 6) is 0.268. The summed E-state index contributed by atoms with van der Waals surface area (Å²) < 4.78 is 33.9. The first-order chi connectivity index (χ1) is 18.4. The van der Waals surface area contributed by atoms with Crippen LogP contribution in [0.15, 0.2) is 35.9 Å². The molecule has 1 saturated carbocycles. The zero-order chi connectivity index (χ0) is 28.8. The lowest BCUT2D eigenvalue weighted by molar-refractivity contribution is -0.171. The third-order valence-corrected chi connectivity index (χ3v) is 8.94. The van der Waals surface area contributed by atoms with Gasteiger partial charge in [-0.1, -0.05) is 17.7 Å². The van der Waals surface area contributed by atoms with Crippen LogP contribution in [0.5, 0.6) is 11.5 Å². The normalized spacial score (nSPS) is 30.3. The molecule has 9 heteroatoms. The molecule has 218 valence electrons. The average molecular weight is 659 g/mol. The van der Waals surface area contributed by atoms with E-state index in [1.54, 1.807) is 32.4 Å². The summed E-state index contributed by atoms with van der Waals surface area (Å²) in [6, 6.07) is 5.41. The maximum Gasteiger partial charge on any atom is 0.331 e. The number of aliphatic hydroxyl groups is 1. The van der Waals surface area contributed by atoms with Gasteiger partial charge in [-0.25, -0.2) is 4.79 Å². The molecule has 1 heterocycles. The van der Waals surface area contributed by atoms with E-state index in [9.17, 15) is 9.90 Å². The molecule has 1 aromatic carbocycles. The Labute approximate surface area is 246 Å². The topological polar surface area (TPSA) is 96.0 Å². The van der Waals surface area contributed by atoms with Gasteiger partial charge in [0.2, 0.25) is 0 Å². The van der Waals surface area contributed by atoms with Crippen LogP contribution in [-0.2, 0) is 23.7 Å². The summed E-state index contributed by atoms with van der Waals surface area (Å²) in [5, 5.41) is 11.4. The number of esters is 1. The van der Waals surface area contributed by atoms with Crippen molar-refractivity contribution in [3.05, 3.63) is 41.5 Å². The fourth-order valence-corrected chi connectivity index (χ4v) is 6.43. The maximum atomic E-state index is 12.8. The van der Waals surface area contributed by atoms with Gasteiger partial charge in [-0.15, -0.1) is 0 Å². The number of halogens is 1. The number of aliphatic hydroxyl groups excluding tert-OH is 1. The van der Waals surface area contributed by atoms with E-state index in [-0.39, 0.29) is 18.1 Å². The van der Waals surface area contributed by atoms with Gasteiger partial charge in [-0.2, -0.15) is 0 Å². The number of ether oxygens (including phenoxy) is 6. The highest BCUT2D eigenvalue weighted by Crippen LogP contribution is 2.57. The minimum absolute atomic E-state index is 0.0193. The molecule has 0 bridgehead atoms. The minimum atomic E-state index is -0.927. The monoisotopic (exact) mass is 658 g/mol. The minimum Gasteiger partial charge on any atom is -0.493 e. The van der Waals surface area contributed by atoms with Gasteiger partial charge in [0.05, 0.1) is 31.8 Å². The van der Waals surface area contributed by atoms with Gasteiger partial charge in [0.15, 0.2) is 11.5 Å². The Balaban J connectivity index is 1.65. The summed E-state index contributed by atoms with van der Waals surface area (Å²) in [5.41, 5.74) is 1.41. The number of epoxide rings is 1. The van der Waals surface area contributed by atoms with Gasteiger partial charge in [0, 0.05) is 13.2 Å². The number of allylic oxidation sites excluding steroid dienone is 1. The zero-order valence-corrected chi connectivity index (χ0v) is 26.2. The van der Waals surface area contributed by atoms with Crippen LogP contribution in [0.4, 0.5) is 0 Å². The van der Waals surface area contributed by atoms with E-state index < -0.39 is 27.4 Å². The molecule has 0 radical (unpaired) electrons. The van der Waals surface area contributed by atoms with Crippen molar-refractivity contribution in [2.45, 2.75) is 87.5 Å². The van der Waals surface area contributed by atoms with Crippen LogP contribution in [0, 0.1) is 5.92 Å². The number of methoxy groups -OCH3 is 2. The second kappa shape index (κ2) is 13.8. The summed E-state index contributed by atoms with van der Waals surface area (Å²) in [4.78, 5) is 12.8. The highest BCUT2D eigenvalue weighted by Gasteiger charge is 2.67. The number of rotatable bonds is 13. The number of benzene rings is 1. The van der Waals surface area contributed by atoms with Crippen LogP contribution in [0.25, 0.3) is 6.08 Å². The van der Waals surface area contributed by atoms with Gasteiger partial charge < -0.3 is 33.5 Å². The summed E-state index contributed by atoms with van der Waals surface area (Å²) in [7, 11) is 3.23. The second-order valence-corrected chi connectivity index (χ2v) is 12.6. The molecular formula is C30H43IO8. The Bertz CT molecular complexity index is 1040. The standard InChI is InChI=1S/C30H43IO8/c1-19(2)8-12-25-29(5,39-25)28-27(33)23(14-15-30(28,31)35-7)38-26(32)13-10-21-9-11-22(34-6)24(18-21)37-17-16-36-20(3)4/h8-11,13,18,20,23,25,27-28,33H,12,14-17H2,1-7H3/b13-10+/t23-,25+,27-,28?,29?,30-/m1/s1. The van der Waals surface area contributed by atoms with Crippen molar-refractivity contribution in [2.75, 3.05) is 27.4 Å². The molecule has 39 heavy (non-hydrogen) atoms. The number of alkyl halides is 1. The lowest BCUT2D eigenvalue weighted by Crippen LogP contribution is -2.57. The van der Waals surface area contributed by atoms with Crippen molar-refractivity contribution < 1.29 is 38.3 Å². The third-order valence-electron chi connectivity index (χ3n) is 7.29. The van der Waals surface area contributed by atoms with E-state index in [2.05, 4.69) is 42.5 Å². The van der Waals surface area contributed by atoms with Crippen LogP contribution in [0.3, 0.4) is 0 Å². The molecular weight excluding hydrogens is 615 g/mol. The fraction of sp³-hybridized carbons (Fsp3) is 0.633. The Morgan fingerprint density at radius 1 is 1.23 bits per heavy atom. The predicted octanol–water partition coefficient (Wildman–Crippen LogP) is 5.49. The predicted molar refractivity (Wildman–Crippen MR) is 158 cm³/mol. The first kappa shape index (κ1) is 31.9. The van der Waals surface area contributed by atoms with Crippen molar-refractivity contribution >= 4 is 34.6 Å². The largest absolute Gasteiger partial charge is 0.493 e. The van der Waals surface area contributed by atoms with Crippen molar-refractivity contribution in [1.82, 2.24) is 0 Å². The van der Waals surface area contributed by atoms with Crippen molar-refractivity contribution in [2.24, 2.45) is 5.92 Å². The molecule has 1 aliphatic carbocycles. The zero-order valence-electron chi connectivity index (χ0n) is 24.1. The second-order valence-electron chi connectivity index (χ2n) is 10.8. The molecule has 2 unspecified atom stereocenters. The van der Waals surface area contributed by atoms with Gasteiger partial charge in [-0.3, -0.25) is 0 Å². The van der Waals surface area contributed by atoms with Crippen LogP contribution in [-0.4, -0.2) is 72.1 Å². The fourth-order valence-electron chi connectivity index (χ4n) is 5.13.